The van der Waals surface area contributed by atoms with Gasteiger partial charge in [0.05, 0.1) is 12.2 Å². The maximum absolute atomic E-state index is 12.5. The number of likely N-dealkylation sites (tertiary alicyclic amines) is 1. The summed E-state index contributed by atoms with van der Waals surface area (Å²) in [6.45, 7) is 4.08. The molecule has 2 amide bonds. The van der Waals surface area contributed by atoms with Crippen molar-refractivity contribution in [2.45, 2.75) is 63.7 Å². The number of nitrogens with one attached hydrogen (secondary N) is 1. The zero-order chi connectivity index (χ0) is 17.6. The van der Waals surface area contributed by atoms with Gasteiger partial charge in [0.2, 0.25) is 0 Å². The summed E-state index contributed by atoms with van der Waals surface area (Å²) in [6, 6.07) is 7.99. The van der Waals surface area contributed by atoms with E-state index < -0.39 is 0 Å². The first-order chi connectivity index (χ1) is 12.2. The molecule has 1 saturated heterocycles. The van der Waals surface area contributed by atoms with Gasteiger partial charge in [0.25, 0.3) is 0 Å². The van der Waals surface area contributed by atoms with E-state index in [4.69, 9.17) is 10.5 Å². The Morgan fingerprint density at radius 3 is 2.76 bits per heavy atom. The average Bonchev–Trinajstić information content (AvgIpc) is 2.62. The van der Waals surface area contributed by atoms with Crippen LogP contribution < -0.4 is 11.1 Å². The third kappa shape index (κ3) is 4.73. The Labute approximate surface area is 150 Å². The topological polar surface area (TPSA) is 67.6 Å². The number of benzene rings is 1. The summed E-state index contributed by atoms with van der Waals surface area (Å²) < 4.78 is 6.09. The molecule has 25 heavy (non-hydrogen) atoms. The van der Waals surface area contributed by atoms with Crippen molar-refractivity contribution in [1.29, 1.82) is 0 Å². The van der Waals surface area contributed by atoms with Crippen LogP contribution in [0.25, 0.3) is 0 Å². The van der Waals surface area contributed by atoms with Crippen LogP contribution in [0.15, 0.2) is 24.3 Å². The standard InChI is InChI=1S/C20H31N3O2/c1-2-15-7-3-4-11-18(15)19(21)13-22-20(24)23-12-6-10-17(14-23)25-16-8-5-9-16/h3-4,7,11,16-17,19H,2,5-6,8-10,12-14,21H2,1H3,(H,22,24). The number of hydrogen-bond acceptors (Lipinski definition) is 3. The van der Waals surface area contributed by atoms with E-state index in [1.54, 1.807) is 0 Å². The van der Waals surface area contributed by atoms with Gasteiger partial charge in [0.1, 0.15) is 0 Å². The van der Waals surface area contributed by atoms with Crippen LogP contribution in [0.3, 0.4) is 0 Å². The van der Waals surface area contributed by atoms with Crippen LogP contribution in [0.5, 0.6) is 0 Å². The Morgan fingerprint density at radius 2 is 2.04 bits per heavy atom. The summed E-state index contributed by atoms with van der Waals surface area (Å²) in [5.41, 5.74) is 8.68. The lowest BCUT2D eigenvalue weighted by Gasteiger charge is -2.37. The first-order valence-corrected chi connectivity index (χ1v) is 9.69. The van der Waals surface area contributed by atoms with Gasteiger partial charge in [-0.15, -0.1) is 0 Å². The molecule has 5 heteroatoms. The zero-order valence-corrected chi connectivity index (χ0v) is 15.2. The highest BCUT2D eigenvalue weighted by atomic mass is 16.5. The number of carbonyl (C=O) groups is 1. The first kappa shape index (κ1) is 18.2. The van der Waals surface area contributed by atoms with Gasteiger partial charge in [-0.2, -0.15) is 0 Å². The largest absolute Gasteiger partial charge is 0.373 e. The number of urea groups is 1. The molecule has 1 aliphatic carbocycles. The minimum absolute atomic E-state index is 0.0219. The average molecular weight is 345 g/mol. The van der Waals surface area contributed by atoms with Gasteiger partial charge in [-0.25, -0.2) is 4.79 Å². The van der Waals surface area contributed by atoms with E-state index in [1.165, 1.54) is 24.8 Å². The number of hydrogen-bond donors (Lipinski definition) is 2. The number of rotatable bonds is 6. The molecule has 1 aromatic rings. The molecule has 1 aromatic carbocycles. The number of piperidine rings is 1. The van der Waals surface area contributed by atoms with Crippen molar-refractivity contribution in [2.24, 2.45) is 5.73 Å². The van der Waals surface area contributed by atoms with E-state index in [2.05, 4.69) is 24.4 Å². The molecule has 2 aliphatic rings. The zero-order valence-electron chi connectivity index (χ0n) is 15.2. The lowest BCUT2D eigenvalue weighted by molar-refractivity contribution is -0.0720. The Morgan fingerprint density at radius 1 is 1.28 bits per heavy atom. The lowest BCUT2D eigenvalue weighted by Crippen LogP contribution is -2.49. The van der Waals surface area contributed by atoms with Crippen molar-refractivity contribution in [1.82, 2.24) is 10.2 Å². The molecule has 138 valence electrons. The van der Waals surface area contributed by atoms with Crippen molar-refractivity contribution in [2.75, 3.05) is 19.6 Å². The predicted octanol–water partition coefficient (Wildman–Crippen LogP) is 2.99. The monoisotopic (exact) mass is 345 g/mol. The highest BCUT2D eigenvalue weighted by Gasteiger charge is 2.28. The second-order valence-corrected chi connectivity index (χ2v) is 7.24. The van der Waals surface area contributed by atoms with Gasteiger partial charge in [0, 0.05) is 25.7 Å². The number of nitrogens with two attached hydrogens (primary N) is 1. The molecule has 0 aromatic heterocycles. The molecule has 0 radical (unpaired) electrons. The van der Waals surface area contributed by atoms with Gasteiger partial charge in [-0.3, -0.25) is 0 Å². The molecule has 3 N–H and O–H groups in total. The van der Waals surface area contributed by atoms with E-state index in [9.17, 15) is 4.79 Å². The van der Waals surface area contributed by atoms with Gasteiger partial charge in [-0.05, 0) is 49.7 Å². The summed E-state index contributed by atoms with van der Waals surface area (Å²) in [7, 11) is 0. The van der Waals surface area contributed by atoms with E-state index >= 15 is 0 Å². The van der Waals surface area contributed by atoms with Crippen molar-refractivity contribution >= 4 is 6.03 Å². The summed E-state index contributed by atoms with van der Waals surface area (Å²) >= 11 is 0. The second kappa shape index (κ2) is 8.68. The molecule has 0 bridgehead atoms. The molecule has 5 nitrogen and oxygen atoms in total. The fraction of sp³-hybridized carbons (Fsp3) is 0.650. The highest BCUT2D eigenvalue weighted by Crippen LogP contribution is 2.26. The van der Waals surface area contributed by atoms with E-state index in [1.807, 2.05) is 17.0 Å². The van der Waals surface area contributed by atoms with Crippen LogP contribution in [0.4, 0.5) is 4.79 Å². The molecule has 1 saturated carbocycles. The fourth-order valence-corrected chi connectivity index (χ4v) is 3.65. The Kier molecular flexibility index (Phi) is 6.32. The molecule has 0 spiro atoms. The molecule has 2 unspecified atom stereocenters. The molecule has 2 fully saturated rings. The van der Waals surface area contributed by atoms with Crippen molar-refractivity contribution < 1.29 is 9.53 Å². The maximum Gasteiger partial charge on any atom is 0.317 e. The lowest BCUT2D eigenvalue weighted by atomic mass is 9.95. The SMILES string of the molecule is CCc1ccccc1C(N)CNC(=O)N1CCCC(OC2CCC2)C1. The van der Waals surface area contributed by atoms with Gasteiger partial charge < -0.3 is 20.7 Å². The van der Waals surface area contributed by atoms with Crippen LogP contribution in [0.1, 0.15) is 56.2 Å². The summed E-state index contributed by atoms with van der Waals surface area (Å²) in [5.74, 6) is 0. The van der Waals surface area contributed by atoms with Crippen molar-refractivity contribution in [3.05, 3.63) is 35.4 Å². The molecule has 1 heterocycles. The smallest absolute Gasteiger partial charge is 0.317 e. The molecular weight excluding hydrogens is 314 g/mol. The van der Waals surface area contributed by atoms with Gasteiger partial charge >= 0.3 is 6.03 Å². The predicted molar refractivity (Wildman–Crippen MR) is 99.5 cm³/mol. The normalized spacial score (nSPS) is 22.3. The molecule has 2 atom stereocenters. The number of carbonyl (C=O) groups excluding carboxylic acids is 1. The number of nitrogens with zero attached hydrogens (tertiary/aromatic N) is 1. The quantitative estimate of drug-likeness (QED) is 0.833. The van der Waals surface area contributed by atoms with Crippen LogP contribution in [-0.4, -0.2) is 42.8 Å². The number of ether oxygens (including phenoxy) is 1. The van der Waals surface area contributed by atoms with E-state index in [0.717, 1.165) is 31.4 Å². The third-order valence-corrected chi connectivity index (χ3v) is 5.41. The van der Waals surface area contributed by atoms with E-state index in [-0.39, 0.29) is 18.2 Å². The number of amides is 2. The van der Waals surface area contributed by atoms with Gasteiger partial charge in [0.15, 0.2) is 0 Å². The van der Waals surface area contributed by atoms with E-state index in [0.29, 0.717) is 19.2 Å². The Hall–Kier alpha value is -1.59. The van der Waals surface area contributed by atoms with Crippen LogP contribution in [0.2, 0.25) is 0 Å². The Balaban J connectivity index is 1.48. The first-order valence-electron chi connectivity index (χ1n) is 9.69. The maximum atomic E-state index is 12.5. The molecule has 3 rings (SSSR count). The van der Waals surface area contributed by atoms with Crippen LogP contribution >= 0.6 is 0 Å². The second-order valence-electron chi connectivity index (χ2n) is 7.24. The number of aryl methyl sites for hydroxylation is 1. The van der Waals surface area contributed by atoms with Crippen molar-refractivity contribution in [3.63, 3.8) is 0 Å². The van der Waals surface area contributed by atoms with Crippen LogP contribution in [0, 0.1) is 0 Å². The van der Waals surface area contributed by atoms with Gasteiger partial charge in [-0.1, -0.05) is 31.2 Å². The van der Waals surface area contributed by atoms with Crippen molar-refractivity contribution in [3.8, 4) is 0 Å². The summed E-state index contributed by atoms with van der Waals surface area (Å²) in [6.07, 6.45) is 7.26. The molecule has 1 aliphatic heterocycles. The summed E-state index contributed by atoms with van der Waals surface area (Å²) in [5, 5.41) is 3.01. The highest BCUT2D eigenvalue weighted by molar-refractivity contribution is 5.74. The minimum atomic E-state index is -0.174. The Bertz CT molecular complexity index is 574. The summed E-state index contributed by atoms with van der Waals surface area (Å²) in [4.78, 5) is 14.4. The molecular formula is C20H31N3O2. The minimum Gasteiger partial charge on any atom is -0.373 e. The van der Waals surface area contributed by atoms with Crippen LogP contribution in [-0.2, 0) is 11.2 Å². The fourth-order valence-electron chi connectivity index (χ4n) is 3.65. The third-order valence-electron chi connectivity index (χ3n) is 5.41.